The molecule has 0 radical (unpaired) electrons. The van der Waals surface area contributed by atoms with Gasteiger partial charge in [0.15, 0.2) is 0 Å². The number of amides is 3. The van der Waals surface area contributed by atoms with Gasteiger partial charge in [0.1, 0.15) is 23.9 Å². The van der Waals surface area contributed by atoms with Crippen LogP contribution in [0.2, 0.25) is 0 Å². The van der Waals surface area contributed by atoms with Crippen LogP contribution in [0.1, 0.15) is 44.1 Å². The molecule has 12 heteroatoms. The van der Waals surface area contributed by atoms with Gasteiger partial charge >= 0.3 is 5.97 Å². The molecule has 1 rings (SSSR count). The number of unbranched alkanes of at least 4 members (excludes halogenated alkanes) is 2. The quantitative estimate of drug-likeness (QED) is 0.120. The molecule has 0 aliphatic carbocycles. The van der Waals surface area contributed by atoms with Crippen LogP contribution < -0.4 is 33.2 Å². The van der Waals surface area contributed by atoms with E-state index >= 15 is 0 Å². The second kappa shape index (κ2) is 16.4. The van der Waals surface area contributed by atoms with Gasteiger partial charge in [0.05, 0.1) is 6.54 Å². The Balaban J connectivity index is 2.99. The number of hydrogen-bond acceptors (Lipinski definition) is 8. The maximum absolute atomic E-state index is 13.1. The van der Waals surface area contributed by atoms with Crippen molar-refractivity contribution in [2.24, 2.45) is 17.2 Å². The predicted molar refractivity (Wildman–Crippen MR) is 130 cm³/mol. The number of rotatable bonds is 17. The third kappa shape index (κ3) is 11.7. The number of phenols is 1. The van der Waals surface area contributed by atoms with Gasteiger partial charge in [-0.05, 0) is 69.3 Å². The van der Waals surface area contributed by atoms with Crippen LogP contribution in [0.3, 0.4) is 0 Å². The van der Waals surface area contributed by atoms with Gasteiger partial charge in [-0.2, -0.15) is 0 Å². The third-order valence-corrected chi connectivity index (χ3v) is 5.35. The highest BCUT2D eigenvalue weighted by molar-refractivity contribution is 5.93. The summed E-state index contributed by atoms with van der Waals surface area (Å²) < 4.78 is 0. The monoisotopic (exact) mass is 494 g/mol. The fraction of sp³-hybridized carbons (Fsp3) is 0.565. The highest BCUT2D eigenvalue weighted by Gasteiger charge is 2.29. The molecule has 0 fully saturated rings. The number of nitrogens with two attached hydrogens (primary N) is 3. The summed E-state index contributed by atoms with van der Waals surface area (Å²) in [4.78, 5) is 49.6. The van der Waals surface area contributed by atoms with Crippen LogP contribution >= 0.6 is 0 Å². The summed E-state index contributed by atoms with van der Waals surface area (Å²) in [7, 11) is 0. The standard InChI is InChI=1S/C23H38N6O6/c24-11-3-1-5-17(21(32)29-18(23(34)35)6-2-4-12-25)28-22(33)19(27-20(31)14-26)13-15-7-9-16(30)10-8-15/h7-10,17-19,30H,1-6,11-14,24-26H2,(H,27,31)(H,28,33)(H,29,32)(H,34,35). The fourth-order valence-electron chi connectivity index (χ4n) is 3.39. The Bertz CT molecular complexity index is 819. The van der Waals surface area contributed by atoms with E-state index < -0.39 is 41.8 Å². The van der Waals surface area contributed by atoms with Crippen molar-refractivity contribution < 1.29 is 29.4 Å². The first kappa shape index (κ1) is 29.8. The Morgan fingerprint density at radius 2 is 1.26 bits per heavy atom. The molecule has 3 amide bonds. The van der Waals surface area contributed by atoms with Gasteiger partial charge in [-0.15, -0.1) is 0 Å². The molecule has 1 aromatic rings. The van der Waals surface area contributed by atoms with E-state index in [4.69, 9.17) is 17.2 Å². The summed E-state index contributed by atoms with van der Waals surface area (Å²) in [6.07, 6.45) is 2.81. The molecule has 0 saturated carbocycles. The zero-order valence-electron chi connectivity index (χ0n) is 19.9. The average molecular weight is 495 g/mol. The van der Waals surface area contributed by atoms with E-state index in [0.717, 1.165) is 0 Å². The lowest BCUT2D eigenvalue weighted by Gasteiger charge is -2.24. The summed E-state index contributed by atoms with van der Waals surface area (Å²) in [5, 5.41) is 26.6. The van der Waals surface area contributed by atoms with Crippen LogP contribution in [0.5, 0.6) is 5.75 Å². The predicted octanol–water partition coefficient (Wildman–Crippen LogP) is -1.31. The van der Waals surface area contributed by atoms with Gasteiger partial charge in [-0.25, -0.2) is 4.79 Å². The van der Waals surface area contributed by atoms with Crippen LogP contribution in [-0.2, 0) is 25.6 Å². The Kier molecular flexibility index (Phi) is 14.0. The van der Waals surface area contributed by atoms with Crippen molar-refractivity contribution in [2.45, 2.75) is 63.1 Å². The first-order chi connectivity index (χ1) is 16.7. The summed E-state index contributed by atoms with van der Waals surface area (Å²) in [5.74, 6) is -2.94. The molecule has 0 aliphatic rings. The van der Waals surface area contributed by atoms with Gasteiger partial charge in [0, 0.05) is 6.42 Å². The minimum absolute atomic E-state index is 0.0526. The summed E-state index contributed by atoms with van der Waals surface area (Å²) >= 11 is 0. The molecule has 0 saturated heterocycles. The van der Waals surface area contributed by atoms with E-state index in [1.807, 2.05) is 0 Å². The van der Waals surface area contributed by atoms with Crippen molar-refractivity contribution in [3.05, 3.63) is 29.8 Å². The van der Waals surface area contributed by atoms with E-state index in [9.17, 15) is 29.4 Å². The molecule has 0 heterocycles. The fourth-order valence-corrected chi connectivity index (χ4v) is 3.39. The first-order valence-electron chi connectivity index (χ1n) is 11.7. The molecular formula is C23H38N6O6. The summed E-state index contributed by atoms with van der Waals surface area (Å²) in [6, 6.07) is 2.93. The second-order valence-corrected chi connectivity index (χ2v) is 8.22. The number of carboxylic acid groups (broad SMARTS) is 1. The number of nitrogens with one attached hydrogen (secondary N) is 3. The smallest absolute Gasteiger partial charge is 0.326 e. The molecule has 3 unspecified atom stereocenters. The van der Waals surface area contributed by atoms with E-state index in [-0.39, 0.29) is 31.6 Å². The number of phenolic OH excluding ortho intramolecular Hbond substituents is 1. The Morgan fingerprint density at radius 3 is 1.77 bits per heavy atom. The van der Waals surface area contributed by atoms with Crippen molar-refractivity contribution in [1.29, 1.82) is 0 Å². The summed E-state index contributed by atoms with van der Waals surface area (Å²) in [5.41, 5.74) is 17.0. The minimum atomic E-state index is -1.18. The van der Waals surface area contributed by atoms with Crippen LogP contribution in [-0.4, -0.2) is 71.7 Å². The van der Waals surface area contributed by atoms with E-state index in [1.54, 1.807) is 12.1 Å². The van der Waals surface area contributed by atoms with Gasteiger partial charge in [-0.3, -0.25) is 14.4 Å². The van der Waals surface area contributed by atoms with E-state index in [1.165, 1.54) is 12.1 Å². The molecule has 11 N–H and O–H groups in total. The number of carbonyl (C=O) groups is 4. The average Bonchev–Trinajstić information content (AvgIpc) is 2.83. The van der Waals surface area contributed by atoms with Crippen molar-refractivity contribution in [2.75, 3.05) is 19.6 Å². The maximum atomic E-state index is 13.1. The molecule has 12 nitrogen and oxygen atoms in total. The largest absolute Gasteiger partial charge is 0.508 e. The molecule has 0 spiro atoms. The van der Waals surface area contributed by atoms with Crippen molar-refractivity contribution in [3.8, 4) is 5.75 Å². The van der Waals surface area contributed by atoms with E-state index in [0.29, 0.717) is 44.3 Å². The van der Waals surface area contributed by atoms with Gasteiger partial charge in [0.25, 0.3) is 0 Å². The zero-order valence-corrected chi connectivity index (χ0v) is 19.9. The molecule has 3 atom stereocenters. The number of benzene rings is 1. The summed E-state index contributed by atoms with van der Waals surface area (Å²) in [6.45, 7) is 0.479. The molecule has 0 bridgehead atoms. The Morgan fingerprint density at radius 1 is 0.743 bits per heavy atom. The molecule has 196 valence electrons. The lowest BCUT2D eigenvalue weighted by molar-refractivity contribution is -0.142. The number of carbonyl (C=O) groups excluding carboxylic acids is 3. The van der Waals surface area contributed by atoms with Crippen LogP contribution in [0.25, 0.3) is 0 Å². The van der Waals surface area contributed by atoms with Crippen molar-refractivity contribution in [1.82, 2.24) is 16.0 Å². The van der Waals surface area contributed by atoms with Gasteiger partial charge in [0.2, 0.25) is 17.7 Å². The second-order valence-electron chi connectivity index (χ2n) is 8.22. The Labute approximate surface area is 205 Å². The molecule has 1 aromatic carbocycles. The lowest BCUT2D eigenvalue weighted by Crippen LogP contribution is -2.56. The normalized spacial score (nSPS) is 13.3. The molecule has 0 aliphatic heterocycles. The van der Waals surface area contributed by atoms with Gasteiger partial charge < -0.3 is 43.4 Å². The van der Waals surface area contributed by atoms with Crippen LogP contribution in [0.15, 0.2) is 24.3 Å². The van der Waals surface area contributed by atoms with Crippen LogP contribution in [0, 0.1) is 0 Å². The van der Waals surface area contributed by atoms with Crippen LogP contribution in [0.4, 0.5) is 0 Å². The number of carboxylic acids is 1. The zero-order chi connectivity index (χ0) is 26.2. The number of aliphatic carboxylic acids is 1. The maximum Gasteiger partial charge on any atom is 0.326 e. The molecule has 35 heavy (non-hydrogen) atoms. The third-order valence-electron chi connectivity index (χ3n) is 5.35. The SMILES string of the molecule is NCCCCC(NC(=O)C(CCCCN)NC(=O)C(Cc1ccc(O)cc1)NC(=O)CN)C(=O)O. The number of hydrogen-bond donors (Lipinski definition) is 8. The Hall–Kier alpha value is -3.22. The first-order valence-corrected chi connectivity index (χ1v) is 11.7. The van der Waals surface area contributed by atoms with E-state index in [2.05, 4.69) is 16.0 Å². The highest BCUT2D eigenvalue weighted by Crippen LogP contribution is 2.12. The molecule has 0 aromatic heterocycles. The van der Waals surface area contributed by atoms with Crippen molar-refractivity contribution in [3.63, 3.8) is 0 Å². The number of aromatic hydroxyl groups is 1. The topological polar surface area (TPSA) is 223 Å². The minimum Gasteiger partial charge on any atom is -0.508 e. The molecular weight excluding hydrogens is 456 g/mol. The van der Waals surface area contributed by atoms with Crippen molar-refractivity contribution >= 4 is 23.7 Å². The lowest BCUT2D eigenvalue weighted by atomic mass is 10.0. The highest BCUT2D eigenvalue weighted by atomic mass is 16.4. The van der Waals surface area contributed by atoms with Gasteiger partial charge in [-0.1, -0.05) is 12.1 Å².